The summed E-state index contributed by atoms with van der Waals surface area (Å²) in [7, 11) is 0. The second kappa shape index (κ2) is 12.8. The van der Waals surface area contributed by atoms with Crippen LogP contribution in [-0.4, -0.2) is 63.4 Å². The number of benzene rings is 1. The molecule has 1 aliphatic carbocycles. The van der Waals surface area contributed by atoms with Gasteiger partial charge >= 0.3 is 0 Å². The number of hydrogen-bond acceptors (Lipinski definition) is 7. The average molecular weight is 536 g/mol. The summed E-state index contributed by atoms with van der Waals surface area (Å²) in [6, 6.07) is 6.53. The zero-order valence-corrected chi connectivity index (χ0v) is 23.0. The number of nitrogens with zero attached hydrogens (tertiary/aromatic N) is 3. The number of nitrogens with one attached hydrogen (secondary N) is 2. The zero-order chi connectivity index (χ0) is 27.9. The van der Waals surface area contributed by atoms with Crippen LogP contribution in [0.25, 0.3) is 0 Å². The fourth-order valence-electron chi connectivity index (χ4n) is 5.44. The molecule has 1 aliphatic heterocycles. The van der Waals surface area contributed by atoms with Gasteiger partial charge in [-0.15, -0.1) is 0 Å². The summed E-state index contributed by atoms with van der Waals surface area (Å²) < 4.78 is 5.79. The van der Waals surface area contributed by atoms with Crippen molar-refractivity contribution in [1.82, 2.24) is 20.2 Å². The van der Waals surface area contributed by atoms with Gasteiger partial charge < -0.3 is 20.3 Å². The molecule has 4 rings (SSSR count). The van der Waals surface area contributed by atoms with Crippen molar-refractivity contribution in [1.29, 1.82) is 0 Å². The molecule has 4 atom stereocenters. The standard InChI is InChI=1S/C29H38N6O4/c1-18-6-4-7-21(12-18)34-29(38)25-13-19(2)16-35(25)27(37)15-33-24-9-8-22(14-23(24)28(30)20(3)36)39-17-26-31-10-5-11-32-26/h5,8-11,14,18-19,21,25,30,33H,4,6-7,12-13,15-17H2,1-3H3,(H,34,38)/p+1/t18-,19?,21+,25-/m0/s1. The quantitative estimate of drug-likeness (QED) is 0.392. The smallest absolute Gasteiger partial charge is 0.249 e. The van der Waals surface area contributed by atoms with E-state index in [2.05, 4.69) is 34.4 Å². The van der Waals surface area contributed by atoms with Crippen LogP contribution in [0.4, 0.5) is 5.69 Å². The third kappa shape index (κ3) is 7.40. The molecule has 0 spiro atoms. The Labute approximate surface area is 229 Å². The number of hydrogen-bond donors (Lipinski definition) is 3. The van der Waals surface area contributed by atoms with Crippen LogP contribution in [0.15, 0.2) is 36.7 Å². The normalized spacial score (nSPS) is 22.7. The van der Waals surface area contributed by atoms with Crippen molar-refractivity contribution in [3.8, 4) is 5.75 Å². The largest absolute Gasteiger partial charge is 0.486 e. The molecule has 2 amide bonds. The molecular formula is C29H39N6O4+. The van der Waals surface area contributed by atoms with E-state index in [0.29, 0.717) is 41.7 Å². The van der Waals surface area contributed by atoms with Gasteiger partial charge in [0.1, 0.15) is 18.4 Å². The van der Waals surface area contributed by atoms with Crippen molar-refractivity contribution >= 4 is 29.0 Å². The second-order valence-corrected chi connectivity index (χ2v) is 10.9. The number of carbonyl (C=O) groups is 3. The lowest BCUT2D eigenvalue weighted by Gasteiger charge is -2.30. The summed E-state index contributed by atoms with van der Waals surface area (Å²) >= 11 is 0. The Morgan fingerprint density at radius 2 is 1.87 bits per heavy atom. The molecule has 10 nitrogen and oxygen atoms in total. The van der Waals surface area contributed by atoms with E-state index < -0.39 is 6.04 Å². The van der Waals surface area contributed by atoms with Gasteiger partial charge in [0.25, 0.3) is 0 Å². The molecule has 0 radical (unpaired) electrons. The van der Waals surface area contributed by atoms with Crippen LogP contribution in [0.3, 0.4) is 0 Å². The van der Waals surface area contributed by atoms with Gasteiger partial charge in [0.05, 0.1) is 12.1 Å². The number of ketones is 1. The van der Waals surface area contributed by atoms with Crippen LogP contribution in [0.5, 0.6) is 5.75 Å². The summed E-state index contributed by atoms with van der Waals surface area (Å²) in [6.45, 7) is 6.32. The fraction of sp³-hybridized carbons (Fsp3) is 0.517. The van der Waals surface area contributed by atoms with Crippen LogP contribution >= 0.6 is 0 Å². The maximum Gasteiger partial charge on any atom is 0.249 e. The van der Waals surface area contributed by atoms with Crippen molar-refractivity contribution in [2.24, 2.45) is 11.8 Å². The molecular weight excluding hydrogens is 496 g/mol. The van der Waals surface area contributed by atoms with Gasteiger partial charge in [-0.1, -0.05) is 26.7 Å². The highest BCUT2D eigenvalue weighted by Gasteiger charge is 2.38. The molecule has 2 fully saturated rings. The first-order valence-electron chi connectivity index (χ1n) is 13.7. The van der Waals surface area contributed by atoms with Gasteiger partial charge in [-0.05, 0) is 55.4 Å². The van der Waals surface area contributed by atoms with E-state index in [1.165, 1.54) is 13.3 Å². The first-order chi connectivity index (χ1) is 18.7. The van der Waals surface area contributed by atoms with Crippen molar-refractivity contribution in [3.05, 3.63) is 48.0 Å². The molecule has 10 heteroatoms. The highest BCUT2D eigenvalue weighted by atomic mass is 16.5. The number of rotatable bonds is 10. The summed E-state index contributed by atoms with van der Waals surface area (Å²) in [5, 5.41) is 12.5. The highest BCUT2D eigenvalue weighted by Crippen LogP contribution is 2.27. The Kier molecular flexibility index (Phi) is 9.27. The summed E-state index contributed by atoms with van der Waals surface area (Å²) in [4.78, 5) is 48.5. The Hall–Kier alpha value is -3.82. The molecule has 1 aromatic carbocycles. The molecule has 4 N–H and O–H groups in total. The number of aromatic nitrogens is 2. The van der Waals surface area contributed by atoms with Gasteiger partial charge in [0, 0.05) is 37.6 Å². The molecule has 1 saturated heterocycles. The number of carbonyl (C=O) groups excluding carboxylic acids is 3. The van der Waals surface area contributed by atoms with Crippen LogP contribution < -0.4 is 20.8 Å². The number of anilines is 1. The minimum absolute atomic E-state index is 0.0345. The topological polar surface area (TPSA) is 139 Å². The number of ether oxygens (including phenoxy) is 1. The van der Waals surface area contributed by atoms with E-state index in [9.17, 15) is 14.4 Å². The molecule has 39 heavy (non-hydrogen) atoms. The average Bonchev–Trinajstić information content (AvgIpc) is 3.33. The van der Waals surface area contributed by atoms with E-state index in [0.717, 1.165) is 19.3 Å². The fourth-order valence-corrected chi connectivity index (χ4v) is 5.44. The lowest BCUT2D eigenvalue weighted by molar-refractivity contribution is -0.137. The molecule has 1 aromatic heterocycles. The first kappa shape index (κ1) is 28.2. The van der Waals surface area contributed by atoms with Crippen LogP contribution in [-0.2, 0) is 21.0 Å². The van der Waals surface area contributed by atoms with Crippen molar-refractivity contribution < 1.29 is 24.5 Å². The van der Waals surface area contributed by atoms with Crippen LogP contribution in [0, 0.1) is 11.8 Å². The van der Waals surface area contributed by atoms with Gasteiger partial charge in [-0.2, -0.15) is 0 Å². The second-order valence-electron chi connectivity index (χ2n) is 10.9. The first-order valence-corrected chi connectivity index (χ1v) is 13.7. The molecule has 2 aromatic rings. The molecule has 0 bridgehead atoms. The lowest BCUT2D eigenvalue weighted by Crippen LogP contribution is -2.50. The van der Waals surface area contributed by atoms with Crippen LogP contribution in [0.1, 0.15) is 64.3 Å². The molecule has 2 heterocycles. The van der Waals surface area contributed by atoms with Gasteiger partial charge in [0.15, 0.2) is 5.82 Å². The van der Waals surface area contributed by atoms with Crippen molar-refractivity contribution in [2.45, 2.75) is 71.6 Å². The number of likely N-dealkylation sites (tertiary alicyclic amines) is 1. The van der Waals surface area contributed by atoms with E-state index in [1.807, 2.05) is 0 Å². The summed E-state index contributed by atoms with van der Waals surface area (Å²) in [5.74, 6) is 1.31. The van der Waals surface area contributed by atoms with Crippen LogP contribution in [0.2, 0.25) is 0 Å². The van der Waals surface area contributed by atoms with Crippen molar-refractivity contribution in [2.75, 3.05) is 18.4 Å². The Morgan fingerprint density at radius 3 is 2.59 bits per heavy atom. The molecule has 208 valence electrons. The Bertz CT molecular complexity index is 1200. The number of Topliss-reactive ketones (excluding diaryl/α,β-unsaturated/α-hetero) is 1. The van der Waals surface area contributed by atoms with Crippen molar-refractivity contribution in [3.63, 3.8) is 0 Å². The van der Waals surface area contributed by atoms with E-state index in [4.69, 9.17) is 10.1 Å². The predicted octanol–water partition coefficient (Wildman–Crippen LogP) is 1.54. The maximum atomic E-state index is 13.3. The van der Waals surface area contributed by atoms with Gasteiger partial charge in [-0.3, -0.25) is 19.8 Å². The Morgan fingerprint density at radius 1 is 1.10 bits per heavy atom. The zero-order valence-electron chi connectivity index (χ0n) is 23.0. The maximum absolute atomic E-state index is 13.3. The lowest BCUT2D eigenvalue weighted by atomic mass is 9.87. The highest BCUT2D eigenvalue weighted by molar-refractivity contribution is 6.44. The van der Waals surface area contributed by atoms with Gasteiger partial charge in [0.2, 0.25) is 23.3 Å². The molecule has 2 aliphatic rings. The number of nitrogens with two attached hydrogens (primary N) is 1. The third-order valence-corrected chi connectivity index (χ3v) is 7.49. The predicted molar refractivity (Wildman–Crippen MR) is 147 cm³/mol. The molecule has 1 unspecified atom stereocenters. The third-order valence-electron chi connectivity index (χ3n) is 7.49. The Balaban J connectivity index is 1.41. The van der Waals surface area contributed by atoms with Gasteiger partial charge in [-0.25, -0.2) is 9.97 Å². The van der Waals surface area contributed by atoms with E-state index >= 15 is 0 Å². The monoisotopic (exact) mass is 535 g/mol. The summed E-state index contributed by atoms with van der Waals surface area (Å²) in [6.07, 6.45) is 8.20. The minimum atomic E-state index is -0.476. The summed E-state index contributed by atoms with van der Waals surface area (Å²) in [5.41, 5.74) is 1.03. The number of amides is 2. The molecule has 1 saturated carbocycles. The SMILES string of the molecule is CC(=O)C(=[NH2+])c1cc(OCc2ncccn2)ccc1NCC(=O)N1CC(C)C[C@H]1C(=O)N[C@@H]1CCC[C@H](C)C1. The minimum Gasteiger partial charge on any atom is -0.486 e. The van der Waals surface area contributed by atoms with E-state index in [-0.39, 0.29) is 48.4 Å². The van der Waals surface area contributed by atoms with E-state index in [1.54, 1.807) is 41.6 Å².